The molecule has 0 spiro atoms. The van der Waals surface area contributed by atoms with E-state index in [2.05, 4.69) is 27.1 Å². The maximum absolute atomic E-state index is 11.6. The molecule has 206 valence electrons. The minimum Gasteiger partial charge on any atom is -0.481 e. The number of rotatable bonds is 13. The third-order valence-corrected chi connectivity index (χ3v) is 8.15. The maximum atomic E-state index is 11.6. The summed E-state index contributed by atoms with van der Waals surface area (Å²) < 4.78 is 31.4. The van der Waals surface area contributed by atoms with Crippen molar-refractivity contribution in [3.05, 3.63) is 36.2 Å². The average Bonchev–Trinajstić information content (AvgIpc) is 2.85. The van der Waals surface area contributed by atoms with Gasteiger partial charge in [-0.1, -0.05) is 6.07 Å². The van der Waals surface area contributed by atoms with Crippen molar-refractivity contribution in [1.82, 2.24) is 9.97 Å². The zero-order chi connectivity index (χ0) is 27.0. The van der Waals surface area contributed by atoms with Crippen molar-refractivity contribution in [3.63, 3.8) is 0 Å². The van der Waals surface area contributed by atoms with Crippen LogP contribution >= 0.6 is 10.6 Å². The second kappa shape index (κ2) is 13.3. The summed E-state index contributed by atoms with van der Waals surface area (Å²) in [6.45, 7) is 9.30. The highest BCUT2D eigenvalue weighted by molar-refractivity contribution is 8.24. The maximum Gasteiger partial charge on any atom is 0.316 e. The van der Waals surface area contributed by atoms with Crippen LogP contribution in [0.2, 0.25) is 0 Å². The fourth-order valence-corrected chi connectivity index (χ4v) is 6.03. The summed E-state index contributed by atoms with van der Waals surface area (Å²) >= 11 is 0. The first-order valence-corrected chi connectivity index (χ1v) is 14.7. The van der Waals surface area contributed by atoms with E-state index in [0.717, 1.165) is 23.5 Å². The number of hydrogen-bond donors (Lipinski definition) is 4. The summed E-state index contributed by atoms with van der Waals surface area (Å²) in [4.78, 5) is 22.4. The fraction of sp³-hybridized carbons (Fsp3) is 0.577. The van der Waals surface area contributed by atoms with E-state index in [1.807, 2.05) is 39.0 Å². The van der Waals surface area contributed by atoms with Crippen LogP contribution in [-0.2, 0) is 9.53 Å². The third kappa shape index (κ3) is 8.46. The molecule has 1 aromatic carbocycles. The van der Waals surface area contributed by atoms with Crippen LogP contribution in [0.25, 0.3) is 0 Å². The van der Waals surface area contributed by atoms with Crippen LogP contribution in [-0.4, -0.2) is 73.6 Å². The summed E-state index contributed by atoms with van der Waals surface area (Å²) in [5.74, 6) is -0.403. The van der Waals surface area contributed by atoms with Crippen molar-refractivity contribution in [2.24, 2.45) is 0 Å². The van der Waals surface area contributed by atoms with E-state index in [9.17, 15) is 19.0 Å². The SMILES string of the molecule is CCOc1ncc(Nc2cc(C(COC(C)C)CC(=O)O)ccc2N(CC)C2CCS(O)(O)CC2)cn1. The second-order valence-corrected chi connectivity index (χ2v) is 11.9. The van der Waals surface area contributed by atoms with Gasteiger partial charge in [-0.05, 0) is 58.2 Å². The molecule has 37 heavy (non-hydrogen) atoms. The highest BCUT2D eigenvalue weighted by Gasteiger charge is 2.29. The first kappa shape index (κ1) is 29.0. The highest BCUT2D eigenvalue weighted by Crippen LogP contribution is 2.46. The van der Waals surface area contributed by atoms with Crippen LogP contribution in [0.5, 0.6) is 6.01 Å². The molecule has 2 heterocycles. The molecule has 0 aliphatic carbocycles. The molecular weight excluding hydrogens is 496 g/mol. The predicted molar refractivity (Wildman–Crippen MR) is 148 cm³/mol. The van der Waals surface area contributed by atoms with E-state index >= 15 is 0 Å². The minimum absolute atomic E-state index is 0.0108. The molecule has 4 N–H and O–H groups in total. The molecule has 1 atom stereocenters. The monoisotopic (exact) mass is 536 g/mol. The van der Waals surface area contributed by atoms with E-state index in [1.54, 1.807) is 12.4 Å². The van der Waals surface area contributed by atoms with Crippen molar-refractivity contribution in [3.8, 4) is 6.01 Å². The number of carboxylic acid groups (broad SMARTS) is 1. The lowest BCUT2D eigenvalue weighted by atomic mass is 9.95. The lowest BCUT2D eigenvalue weighted by Gasteiger charge is -2.44. The van der Waals surface area contributed by atoms with Crippen LogP contribution in [0.3, 0.4) is 0 Å². The molecular formula is C26H40N4O6S. The van der Waals surface area contributed by atoms with Gasteiger partial charge in [0.1, 0.15) is 0 Å². The highest BCUT2D eigenvalue weighted by atomic mass is 32.3. The quantitative estimate of drug-likeness (QED) is 0.265. The summed E-state index contributed by atoms with van der Waals surface area (Å²) in [5.41, 5.74) is 3.27. The molecule has 1 aliphatic heterocycles. The van der Waals surface area contributed by atoms with E-state index in [1.165, 1.54) is 0 Å². The number of carboxylic acids is 1. The Bertz CT molecular complexity index is 1010. The number of nitrogens with zero attached hydrogens (tertiary/aromatic N) is 3. The van der Waals surface area contributed by atoms with Gasteiger partial charge >= 0.3 is 12.0 Å². The summed E-state index contributed by atoms with van der Waals surface area (Å²) in [6.07, 6.45) is 4.62. The Morgan fingerprint density at radius 2 is 1.86 bits per heavy atom. The van der Waals surface area contributed by atoms with Crippen molar-refractivity contribution in [1.29, 1.82) is 0 Å². The Morgan fingerprint density at radius 1 is 1.19 bits per heavy atom. The Kier molecular flexibility index (Phi) is 10.4. The fourth-order valence-electron chi connectivity index (χ4n) is 4.52. The van der Waals surface area contributed by atoms with Gasteiger partial charge < -0.3 is 24.8 Å². The largest absolute Gasteiger partial charge is 0.481 e. The van der Waals surface area contributed by atoms with Crippen molar-refractivity contribution in [2.75, 3.05) is 41.5 Å². The molecule has 0 bridgehead atoms. The molecule has 0 amide bonds. The smallest absolute Gasteiger partial charge is 0.316 e. The van der Waals surface area contributed by atoms with Gasteiger partial charge in [-0.15, -0.1) is 0 Å². The Balaban J connectivity index is 1.97. The molecule has 11 heteroatoms. The molecule has 2 aromatic rings. The van der Waals surface area contributed by atoms with Gasteiger partial charge in [0.05, 0.1) is 55.2 Å². The molecule has 1 saturated heterocycles. The van der Waals surface area contributed by atoms with Crippen molar-refractivity contribution >= 4 is 33.6 Å². The van der Waals surface area contributed by atoms with Crippen molar-refractivity contribution in [2.45, 2.75) is 65.0 Å². The molecule has 3 rings (SSSR count). The van der Waals surface area contributed by atoms with E-state index < -0.39 is 16.6 Å². The normalized spacial score (nSPS) is 17.3. The zero-order valence-corrected chi connectivity index (χ0v) is 22.9. The van der Waals surface area contributed by atoms with Crippen LogP contribution in [0.4, 0.5) is 17.1 Å². The number of nitrogens with one attached hydrogen (secondary N) is 1. The molecule has 1 fully saturated rings. The molecule has 1 aliphatic rings. The summed E-state index contributed by atoms with van der Waals surface area (Å²) in [7, 11) is -2.49. The third-order valence-electron chi connectivity index (χ3n) is 6.37. The van der Waals surface area contributed by atoms with E-state index in [0.29, 0.717) is 49.3 Å². The Hall–Kier alpha value is -2.60. The van der Waals surface area contributed by atoms with Crippen LogP contribution in [0.1, 0.15) is 58.4 Å². The average molecular weight is 537 g/mol. The lowest BCUT2D eigenvalue weighted by Crippen LogP contribution is -2.40. The van der Waals surface area contributed by atoms with Gasteiger partial charge in [0.15, 0.2) is 0 Å². The zero-order valence-electron chi connectivity index (χ0n) is 22.1. The first-order chi connectivity index (χ1) is 17.6. The molecule has 0 radical (unpaired) electrons. The minimum atomic E-state index is -2.49. The van der Waals surface area contributed by atoms with Gasteiger partial charge in [0, 0.05) is 30.0 Å². The Labute approximate surface area is 220 Å². The van der Waals surface area contributed by atoms with Crippen LogP contribution in [0.15, 0.2) is 30.6 Å². The molecule has 0 saturated carbocycles. The van der Waals surface area contributed by atoms with Crippen LogP contribution < -0.4 is 15.0 Å². The lowest BCUT2D eigenvalue weighted by molar-refractivity contribution is -0.138. The molecule has 1 aromatic heterocycles. The van der Waals surface area contributed by atoms with E-state index in [4.69, 9.17) is 9.47 Å². The summed E-state index contributed by atoms with van der Waals surface area (Å²) in [6, 6.07) is 6.40. The molecule has 10 nitrogen and oxygen atoms in total. The Morgan fingerprint density at radius 3 is 2.43 bits per heavy atom. The van der Waals surface area contributed by atoms with Gasteiger partial charge in [0.25, 0.3) is 0 Å². The number of aliphatic carboxylic acids is 1. The van der Waals surface area contributed by atoms with Gasteiger partial charge in [0.2, 0.25) is 0 Å². The number of anilines is 3. The van der Waals surface area contributed by atoms with Gasteiger partial charge in [-0.25, -0.2) is 9.97 Å². The topological polar surface area (TPSA) is 137 Å². The second-order valence-electron chi connectivity index (χ2n) is 9.49. The van der Waals surface area contributed by atoms with Gasteiger partial charge in [-0.2, -0.15) is 10.6 Å². The molecule has 1 unspecified atom stereocenters. The van der Waals surface area contributed by atoms with E-state index in [-0.39, 0.29) is 24.5 Å². The predicted octanol–water partition coefficient (Wildman–Crippen LogP) is 5.34. The summed E-state index contributed by atoms with van der Waals surface area (Å²) in [5, 5.41) is 13.0. The number of aromatic nitrogens is 2. The first-order valence-electron chi connectivity index (χ1n) is 12.8. The van der Waals surface area contributed by atoms with Gasteiger partial charge in [-0.3, -0.25) is 13.9 Å². The number of hydrogen-bond acceptors (Lipinski definition) is 9. The number of carbonyl (C=O) groups is 1. The van der Waals surface area contributed by atoms with Crippen molar-refractivity contribution < 1.29 is 28.5 Å². The van der Waals surface area contributed by atoms with Crippen LogP contribution in [0, 0.1) is 0 Å². The number of benzene rings is 1. The standard InChI is InChI=1S/C26H40N4O6S/c1-5-30(22-9-11-37(33,34)12-10-22)24-8-7-19(20(14-25(31)32)17-36-18(3)4)13-23(24)29-21-15-27-26(28-16-21)35-6-2/h7-8,13,15-16,18,20,22,29,33-34H,5-6,9-12,14,17H2,1-4H3,(H,31,32). The number of ether oxygens (including phenoxy) is 2.